The first-order valence-electron chi connectivity index (χ1n) is 19.4. The maximum absolute atomic E-state index is 2.55. The first-order valence-corrected chi connectivity index (χ1v) is 21.8. The maximum atomic E-state index is 2.55. The van der Waals surface area contributed by atoms with Crippen LogP contribution in [0.1, 0.15) is 60.1 Å². The molecule has 0 radical (unpaired) electrons. The molecule has 0 saturated carbocycles. The number of hydrogen-bond acceptors (Lipinski definition) is 0. The van der Waals surface area contributed by atoms with Gasteiger partial charge in [-0.1, -0.05) is 0 Å². The molecule has 0 N–H and O–H groups in total. The molecule has 0 spiro atoms. The van der Waals surface area contributed by atoms with Gasteiger partial charge in [0.2, 0.25) is 0 Å². The second-order valence-electron chi connectivity index (χ2n) is 14.4. The van der Waals surface area contributed by atoms with Gasteiger partial charge in [0.15, 0.2) is 0 Å². The molecule has 6 aromatic carbocycles. The summed E-state index contributed by atoms with van der Waals surface area (Å²) in [6.45, 7) is 4.72. The standard InChI is InChI=1S/C40H33.C13H10.2ClH.Zr/c1-3-28-24-25-34-32(26-28)27-35-37(34)36(29-16-8-5-9-17-29)39(31-18-10-6-11-19-31)40(4-2,33-22-12-7-13-23-33)38(35)30-20-14-15-21-30;1-3-7-12(8-4-1)11-13-9-5-2-6-10-13;;;/h5-20,22-26H,3-4,21H2,1-2H3;1-10H;2*1H;/q;;;;+2/p-2. The SMILES string of the molecule is CCc1ccc2c(c1)=[C]([Zr+2]=[C](c1ccccc1)c1ccccc1)C1=C(C3=CC=CC3)C(CC)(c3ccccc3)C(c3ccccc3)=C(c3ccccc3)C=21.[Cl-].[Cl-]. The van der Waals surface area contributed by atoms with Gasteiger partial charge in [-0.15, -0.1) is 0 Å². The van der Waals surface area contributed by atoms with Crippen molar-refractivity contribution < 1.29 is 47.6 Å². The van der Waals surface area contributed by atoms with Crippen LogP contribution in [0.5, 0.6) is 0 Å². The molecular weight excluding hydrogens is 799 g/mol. The topological polar surface area (TPSA) is 0 Å². The first kappa shape index (κ1) is 39.6. The molecule has 6 aromatic rings. The molecule has 3 aliphatic rings. The summed E-state index contributed by atoms with van der Waals surface area (Å²) in [6.07, 6.45) is 9.95. The van der Waals surface area contributed by atoms with Crippen molar-refractivity contribution in [1.29, 1.82) is 0 Å². The first-order chi connectivity index (χ1) is 26.7. The molecule has 0 heterocycles. The fraction of sp³-hybridized carbons (Fsp3) is 0.113. The van der Waals surface area contributed by atoms with Crippen LogP contribution in [-0.2, 0) is 34.6 Å². The largest absolute Gasteiger partial charge is 1.00 e. The van der Waals surface area contributed by atoms with Crippen LogP contribution in [0.4, 0.5) is 0 Å². The van der Waals surface area contributed by atoms with Gasteiger partial charge in [-0.25, -0.2) is 0 Å². The van der Waals surface area contributed by atoms with Crippen molar-refractivity contribution in [2.45, 2.75) is 38.5 Å². The number of fused-ring (bicyclic) bond motifs is 2. The van der Waals surface area contributed by atoms with Gasteiger partial charge in [0.1, 0.15) is 0 Å². The Labute approximate surface area is 355 Å². The van der Waals surface area contributed by atoms with Crippen LogP contribution in [0.2, 0.25) is 0 Å². The molecular formula is C53H43Cl2Zr. The fourth-order valence-electron chi connectivity index (χ4n) is 9.12. The van der Waals surface area contributed by atoms with E-state index in [0.717, 1.165) is 19.3 Å². The average molecular weight is 842 g/mol. The second kappa shape index (κ2) is 17.2. The van der Waals surface area contributed by atoms with Crippen molar-refractivity contribution in [2.24, 2.45) is 0 Å². The summed E-state index contributed by atoms with van der Waals surface area (Å²) in [5.74, 6) is 0. The van der Waals surface area contributed by atoms with E-state index in [9.17, 15) is 0 Å². The molecule has 0 aromatic heterocycles. The summed E-state index contributed by atoms with van der Waals surface area (Å²) in [6, 6.07) is 63.9. The number of allylic oxidation sites excluding steroid dienone is 8. The molecule has 0 aliphatic heterocycles. The molecule has 1 unspecified atom stereocenters. The summed E-state index contributed by atoms with van der Waals surface area (Å²) in [4.78, 5) is 0. The van der Waals surface area contributed by atoms with E-state index in [0.29, 0.717) is 0 Å². The van der Waals surface area contributed by atoms with Crippen LogP contribution in [-0.4, -0.2) is 3.21 Å². The van der Waals surface area contributed by atoms with E-state index in [1.54, 1.807) is 3.28 Å². The molecule has 0 saturated heterocycles. The Hall–Kier alpha value is -4.65. The zero-order chi connectivity index (χ0) is 36.5. The van der Waals surface area contributed by atoms with Gasteiger partial charge in [0.25, 0.3) is 0 Å². The monoisotopic (exact) mass is 839 g/mol. The number of benzene rings is 6. The van der Waals surface area contributed by atoms with Crippen LogP contribution in [0.15, 0.2) is 205 Å². The molecule has 0 fully saturated rings. The van der Waals surface area contributed by atoms with Crippen LogP contribution in [0, 0.1) is 0 Å². The Morgan fingerprint density at radius 3 is 1.64 bits per heavy atom. The van der Waals surface area contributed by atoms with Crippen molar-refractivity contribution in [3.63, 3.8) is 0 Å². The number of hydrogen-bond donors (Lipinski definition) is 0. The smallest absolute Gasteiger partial charge is 1.00 e. The molecule has 9 rings (SSSR count). The summed E-state index contributed by atoms with van der Waals surface area (Å²) >= 11 is -1.51. The zero-order valence-corrected chi connectivity index (χ0v) is 35.7. The molecule has 56 heavy (non-hydrogen) atoms. The van der Waals surface area contributed by atoms with E-state index in [-0.39, 0.29) is 24.8 Å². The van der Waals surface area contributed by atoms with Gasteiger partial charge in [-0.2, -0.15) is 0 Å². The molecule has 3 aliphatic carbocycles. The molecule has 1 atom stereocenters. The Morgan fingerprint density at radius 1 is 0.554 bits per heavy atom. The Kier molecular flexibility index (Phi) is 12.2. The quantitative estimate of drug-likeness (QED) is 0.192. The number of aryl methyl sites for hydroxylation is 1. The van der Waals surface area contributed by atoms with Gasteiger partial charge in [-0.05, 0) is 0 Å². The van der Waals surface area contributed by atoms with E-state index in [1.165, 1.54) is 80.5 Å². The number of halogens is 2. The van der Waals surface area contributed by atoms with Crippen molar-refractivity contribution in [1.82, 2.24) is 0 Å². The van der Waals surface area contributed by atoms with E-state index in [2.05, 4.69) is 202 Å². The van der Waals surface area contributed by atoms with Gasteiger partial charge >= 0.3 is 333 Å². The van der Waals surface area contributed by atoms with Crippen molar-refractivity contribution >= 4 is 23.2 Å². The van der Waals surface area contributed by atoms with Gasteiger partial charge in [0, 0.05) is 0 Å². The molecule has 0 nitrogen and oxygen atoms in total. The van der Waals surface area contributed by atoms with Crippen LogP contribution in [0.25, 0.3) is 20.0 Å². The van der Waals surface area contributed by atoms with Crippen molar-refractivity contribution in [3.8, 4) is 0 Å². The Bertz CT molecular complexity index is 2610. The molecule has 0 amide bonds. The molecule has 0 bridgehead atoms. The molecule has 3 heteroatoms. The minimum Gasteiger partial charge on any atom is -1.00 e. The third-order valence-corrected chi connectivity index (χ3v) is 15.4. The Balaban J connectivity index is 0.00000240. The minimum atomic E-state index is -1.51. The van der Waals surface area contributed by atoms with E-state index >= 15 is 0 Å². The number of rotatable bonds is 9. The fourth-order valence-corrected chi connectivity index (χ4v) is 13.0. The van der Waals surface area contributed by atoms with Crippen molar-refractivity contribution in [3.05, 3.63) is 249 Å². The summed E-state index contributed by atoms with van der Waals surface area (Å²) < 4.78 is 3.12. The predicted octanol–water partition coefficient (Wildman–Crippen LogP) is 5.04. The van der Waals surface area contributed by atoms with Crippen LogP contribution in [0.3, 0.4) is 0 Å². The normalized spacial score (nSPS) is 16.7. The van der Waals surface area contributed by atoms with Gasteiger partial charge in [-0.3, -0.25) is 0 Å². The van der Waals surface area contributed by atoms with Gasteiger partial charge < -0.3 is 24.8 Å². The minimum absolute atomic E-state index is 0. The second-order valence-corrected chi connectivity index (χ2v) is 17.5. The van der Waals surface area contributed by atoms with Crippen LogP contribution < -0.4 is 35.3 Å². The maximum Gasteiger partial charge on any atom is -1.00 e. The van der Waals surface area contributed by atoms with Gasteiger partial charge in [0.05, 0.1) is 0 Å². The summed E-state index contributed by atoms with van der Waals surface area (Å²) in [7, 11) is 0. The Morgan fingerprint density at radius 2 is 1.11 bits per heavy atom. The third-order valence-electron chi connectivity index (χ3n) is 11.5. The predicted molar refractivity (Wildman–Crippen MR) is 225 cm³/mol. The van der Waals surface area contributed by atoms with E-state index < -0.39 is 28.2 Å². The third kappa shape index (κ3) is 6.79. The van der Waals surface area contributed by atoms with E-state index in [4.69, 9.17) is 0 Å². The van der Waals surface area contributed by atoms with Crippen LogP contribution >= 0.6 is 0 Å². The summed E-state index contributed by atoms with van der Waals surface area (Å²) in [5.41, 5.74) is 16.3. The van der Waals surface area contributed by atoms with Crippen molar-refractivity contribution in [2.75, 3.05) is 0 Å². The zero-order valence-electron chi connectivity index (χ0n) is 31.8. The molecule has 273 valence electrons. The summed E-state index contributed by atoms with van der Waals surface area (Å²) in [5, 5.41) is 2.83. The average Bonchev–Trinajstić information content (AvgIpc) is 3.90. The van der Waals surface area contributed by atoms with E-state index in [1.807, 2.05) is 0 Å².